The number of ether oxygens (including phenoxy) is 1. The third-order valence-electron chi connectivity index (χ3n) is 3.70. The van der Waals surface area contributed by atoms with Gasteiger partial charge in [0.15, 0.2) is 11.6 Å². The maximum absolute atomic E-state index is 13.8. The highest BCUT2D eigenvalue weighted by atomic mass is 32.2. The molecule has 0 aliphatic heterocycles. The third-order valence-corrected chi connectivity index (χ3v) is 5.11. The first-order chi connectivity index (χ1) is 11.8. The standard InChI is InChI=1S/C17H19FN2O4S/c1-11(12-7-8-16(24-3)15(18)10-12)20-17(21)13-5-4-6-14(9-13)25(22,23)19-2/h4-11,19H,1-3H3,(H,20,21). The minimum Gasteiger partial charge on any atom is -0.494 e. The van der Waals surface area contributed by atoms with Crippen molar-refractivity contribution in [2.45, 2.75) is 17.9 Å². The summed E-state index contributed by atoms with van der Waals surface area (Å²) in [6.07, 6.45) is 0. The highest BCUT2D eigenvalue weighted by Crippen LogP contribution is 2.22. The first-order valence-corrected chi connectivity index (χ1v) is 8.94. The van der Waals surface area contributed by atoms with E-state index in [4.69, 9.17) is 4.74 Å². The lowest BCUT2D eigenvalue weighted by Gasteiger charge is -2.15. The average molecular weight is 366 g/mol. The zero-order valence-corrected chi connectivity index (χ0v) is 14.9. The van der Waals surface area contributed by atoms with Crippen molar-refractivity contribution in [1.82, 2.24) is 10.0 Å². The zero-order chi connectivity index (χ0) is 18.6. The van der Waals surface area contributed by atoms with E-state index < -0.39 is 27.8 Å². The molecule has 0 spiro atoms. The van der Waals surface area contributed by atoms with E-state index in [-0.39, 0.29) is 16.2 Å². The fourth-order valence-corrected chi connectivity index (χ4v) is 3.01. The fraction of sp³-hybridized carbons (Fsp3) is 0.235. The SMILES string of the molecule is CNS(=O)(=O)c1cccc(C(=O)NC(C)c2ccc(OC)c(F)c2)c1. The summed E-state index contributed by atoms with van der Waals surface area (Å²) in [5.41, 5.74) is 0.753. The zero-order valence-electron chi connectivity index (χ0n) is 14.0. The summed E-state index contributed by atoms with van der Waals surface area (Å²) in [7, 11) is -0.977. The molecule has 25 heavy (non-hydrogen) atoms. The molecule has 6 nitrogen and oxygen atoms in total. The van der Waals surface area contributed by atoms with Crippen molar-refractivity contribution in [1.29, 1.82) is 0 Å². The maximum atomic E-state index is 13.8. The Kier molecular flexibility index (Phi) is 5.76. The number of amides is 1. The molecule has 0 saturated heterocycles. The molecule has 1 unspecified atom stereocenters. The van der Waals surface area contributed by atoms with Gasteiger partial charge in [0.1, 0.15) is 0 Å². The number of carbonyl (C=O) groups excluding carboxylic acids is 1. The Balaban J connectivity index is 2.19. The molecule has 0 radical (unpaired) electrons. The number of halogens is 1. The van der Waals surface area contributed by atoms with Gasteiger partial charge >= 0.3 is 0 Å². The predicted octanol–water partition coefficient (Wildman–Crippen LogP) is 2.23. The van der Waals surface area contributed by atoms with Gasteiger partial charge in [-0.3, -0.25) is 4.79 Å². The van der Waals surface area contributed by atoms with Gasteiger partial charge in [0.25, 0.3) is 5.91 Å². The molecule has 2 N–H and O–H groups in total. The Hall–Kier alpha value is -2.45. The number of rotatable bonds is 6. The third kappa shape index (κ3) is 4.34. The van der Waals surface area contributed by atoms with E-state index >= 15 is 0 Å². The highest BCUT2D eigenvalue weighted by Gasteiger charge is 2.17. The number of hydrogen-bond acceptors (Lipinski definition) is 4. The van der Waals surface area contributed by atoms with Crippen LogP contribution in [-0.2, 0) is 10.0 Å². The molecule has 1 amide bonds. The van der Waals surface area contributed by atoms with Gasteiger partial charge in [0.2, 0.25) is 10.0 Å². The van der Waals surface area contributed by atoms with Crippen molar-refractivity contribution < 1.29 is 22.3 Å². The molecular formula is C17H19FN2O4S. The molecule has 0 fully saturated rings. The second-order valence-corrected chi connectivity index (χ2v) is 7.21. The Morgan fingerprint density at radius 3 is 2.52 bits per heavy atom. The van der Waals surface area contributed by atoms with Crippen LogP contribution in [0.3, 0.4) is 0 Å². The summed E-state index contributed by atoms with van der Waals surface area (Å²) in [6, 6.07) is 9.60. The number of nitrogens with one attached hydrogen (secondary N) is 2. The van der Waals surface area contributed by atoms with Crippen LogP contribution in [0.1, 0.15) is 28.9 Å². The van der Waals surface area contributed by atoms with Crippen molar-refractivity contribution >= 4 is 15.9 Å². The second-order valence-electron chi connectivity index (χ2n) is 5.32. The van der Waals surface area contributed by atoms with Gasteiger partial charge in [-0.25, -0.2) is 17.5 Å². The van der Waals surface area contributed by atoms with Gasteiger partial charge in [-0.2, -0.15) is 0 Å². The van der Waals surface area contributed by atoms with Crippen LogP contribution < -0.4 is 14.8 Å². The van der Waals surface area contributed by atoms with E-state index in [2.05, 4.69) is 10.0 Å². The van der Waals surface area contributed by atoms with E-state index in [1.807, 2.05) is 0 Å². The normalized spacial score (nSPS) is 12.5. The Morgan fingerprint density at radius 1 is 1.20 bits per heavy atom. The van der Waals surface area contributed by atoms with Crippen molar-refractivity contribution in [2.24, 2.45) is 0 Å². The molecule has 8 heteroatoms. The molecule has 0 saturated carbocycles. The largest absolute Gasteiger partial charge is 0.494 e. The monoisotopic (exact) mass is 366 g/mol. The van der Waals surface area contributed by atoms with Crippen LogP contribution in [0.25, 0.3) is 0 Å². The Bertz CT molecular complexity index is 884. The van der Waals surface area contributed by atoms with Crippen molar-refractivity contribution in [2.75, 3.05) is 14.2 Å². The molecule has 2 rings (SSSR count). The molecule has 0 aromatic heterocycles. The Labute approximate surface area is 146 Å². The van der Waals surface area contributed by atoms with Crippen LogP contribution in [0.2, 0.25) is 0 Å². The lowest BCUT2D eigenvalue weighted by Crippen LogP contribution is -2.27. The van der Waals surface area contributed by atoms with Gasteiger partial charge in [-0.1, -0.05) is 12.1 Å². The smallest absolute Gasteiger partial charge is 0.251 e. The first-order valence-electron chi connectivity index (χ1n) is 7.46. The topological polar surface area (TPSA) is 84.5 Å². The highest BCUT2D eigenvalue weighted by molar-refractivity contribution is 7.89. The summed E-state index contributed by atoms with van der Waals surface area (Å²) >= 11 is 0. The van der Waals surface area contributed by atoms with Crippen LogP contribution in [0.5, 0.6) is 5.75 Å². The summed E-state index contributed by atoms with van der Waals surface area (Å²) < 4.78 is 44.5. The quantitative estimate of drug-likeness (QED) is 0.821. The lowest BCUT2D eigenvalue weighted by molar-refractivity contribution is 0.0939. The van der Waals surface area contributed by atoms with Gasteiger partial charge in [0.05, 0.1) is 18.0 Å². The summed E-state index contributed by atoms with van der Waals surface area (Å²) in [5, 5.41) is 2.71. The summed E-state index contributed by atoms with van der Waals surface area (Å²) in [5.74, 6) is -0.868. The number of benzene rings is 2. The van der Waals surface area contributed by atoms with Crippen molar-refractivity contribution in [3.63, 3.8) is 0 Å². The first kappa shape index (κ1) is 18.9. The number of hydrogen-bond donors (Lipinski definition) is 2. The lowest BCUT2D eigenvalue weighted by atomic mass is 10.1. The molecule has 0 heterocycles. The molecule has 134 valence electrons. The molecule has 2 aromatic rings. The van der Waals surface area contributed by atoms with Crippen molar-refractivity contribution in [3.8, 4) is 5.75 Å². The molecule has 0 bridgehead atoms. The van der Waals surface area contributed by atoms with E-state index in [0.29, 0.717) is 5.56 Å². The summed E-state index contributed by atoms with van der Waals surface area (Å²) in [4.78, 5) is 12.4. The van der Waals surface area contributed by atoms with Crippen LogP contribution >= 0.6 is 0 Å². The van der Waals surface area contributed by atoms with Gasteiger partial charge in [-0.15, -0.1) is 0 Å². The molecule has 2 aromatic carbocycles. The van der Waals surface area contributed by atoms with Crippen molar-refractivity contribution in [3.05, 3.63) is 59.4 Å². The van der Waals surface area contributed by atoms with E-state index in [1.54, 1.807) is 13.0 Å². The van der Waals surface area contributed by atoms with Crippen LogP contribution in [0.4, 0.5) is 4.39 Å². The molecule has 0 aliphatic carbocycles. The van der Waals surface area contributed by atoms with Crippen LogP contribution in [-0.4, -0.2) is 28.5 Å². The fourth-order valence-electron chi connectivity index (χ4n) is 2.24. The number of carbonyl (C=O) groups is 1. The van der Waals surface area contributed by atoms with E-state index in [0.717, 1.165) is 0 Å². The minimum atomic E-state index is -3.64. The molecule has 1 atom stereocenters. The molecular weight excluding hydrogens is 347 g/mol. The van der Waals surface area contributed by atoms with Gasteiger partial charge in [-0.05, 0) is 49.9 Å². The van der Waals surface area contributed by atoms with Gasteiger partial charge < -0.3 is 10.1 Å². The second kappa shape index (κ2) is 7.62. The number of sulfonamides is 1. The average Bonchev–Trinajstić information content (AvgIpc) is 2.61. The predicted molar refractivity (Wildman–Crippen MR) is 91.5 cm³/mol. The molecule has 0 aliphatic rings. The number of methoxy groups -OCH3 is 1. The summed E-state index contributed by atoms with van der Waals surface area (Å²) in [6.45, 7) is 1.70. The van der Waals surface area contributed by atoms with E-state index in [1.165, 1.54) is 50.6 Å². The maximum Gasteiger partial charge on any atom is 0.251 e. The van der Waals surface area contributed by atoms with E-state index in [9.17, 15) is 17.6 Å². The minimum absolute atomic E-state index is 0.00852. The van der Waals surface area contributed by atoms with Crippen LogP contribution in [0, 0.1) is 5.82 Å². The van der Waals surface area contributed by atoms with Crippen LogP contribution in [0.15, 0.2) is 47.4 Å². The van der Waals surface area contributed by atoms with Gasteiger partial charge in [0, 0.05) is 5.56 Å². The Morgan fingerprint density at radius 2 is 1.92 bits per heavy atom.